The Morgan fingerprint density at radius 3 is 3.00 bits per heavy atom. The van der Waals surface area contributed by atoms with Gasteiger partial charge in [-0.15, -0.1) is 0 Å². The van der Waals surface area contributed by atoms with Crippen LogP contribution in [0.25, 0.3) is 11.1 Å². The van der Waals surface area contributed by atoms with Gasteiger partial charge in [0.15, 0.2) is 5.58 Å². The first-order valence-electron chi connectivity index (χ1n) is 5.52. The fourth-order valence-electron chi connectivity index (χ4n) is 1.96. The van der Waals surface area contributed by atoms with E-state index in [-0.39, 0.29) is 0 Å². The lowest BCUT2D eigenvalue weighted by Gasteiger charge is -2.14. The summed E-state index contributed by atoms with van der Waals surface area (Å²) in [6, 6.07) is 5.88. The molecule has 1 aromatic carbocycles. The number of likely N-dealkylation sites (N-methyl/N-ethyl adjacent to an activating group) is 1. The Kier molecular flexibility index (Phi) is 3.10. The lowest BCUT2D eigenvalue weighted by Crippen LogP contribution is -2.16. The minimum absolute atomic E-state index is 0.395. The number of nitrogens with one attached hydrogen (secondary N) is 2. The van der Waals surface area contributed by atoms with E-state index in [4.69, 9.17) is 4.42 Å². The molecule has 0 saturated heterocycles. The fraction of sp³-hybridized carbons (Fsp3) is 0.417. The largest absolute Gasteiger partial charge is 0.417 e. The van der Waals surface area contributed by atoms with E-state index >= 15 is 0 Å². The third kappa shape index (κ3) is 2.02. The van der Waals surface area contributed by atoms with Crippen molar-refractivity contribution in [2.24, 2.45) is 0 Å². The lowest BCUT2D eigenvalue weighted by molar-refractivity contribution is 0.553. The molecule has 0 radical (unpaired) electrons. The molecule has 16 heavy (non-hydrogen) atoms. The van der Waals surface area contributed by atoms with Crippen molar-refractivity contribution >= 4 is 11.1 Å². The van der Waals surface area contributed by atoms with Crippen molar-refractivity contribution in [2.45, 2.75) is 19.3 Å². The van der Waals surface area contributed by atoms with Gasteiger partial charge >= 0.3 is 5.76 Å². The molecule has 1 heterocycles. The molecule has 0 spiro atoms. The Morgan fingerprint density at radius 2 is 2.31 bits per heavy atom. The van der Waals surface area contributed by atoms with Crippen molar-refractivity contribution in [3.63, 3.8) is 0 Å². The van der Waals surface area contributed by atoms with Crippen LogP contribution in [0, 0.1) is 0 Å². The highest BCUT2D eigenvalue weighted by atomic mass is 16.4. The number of aromatic amines is 1. The van der Waals surface area contributed by atoms with E-state index in [9.17, 15) is 4.79 Å². The van der Waals surface area contributed by atoms with Gasteiger partial charge in [0.05, 0.1) is 5.52 Å². The molecule has 1 aromatic heterocycles. The van der Waals surface area contributed by atoms with E-state index in [2.05, 4.69) is 17.2 Å². The van der Waals surface area contributed by atoms with Crippen LogP contribution in [0.3, 0.4) is 0 Å². The number of fused-ring (bicyclic) bond motifs is 1. The van der Waals surface area contributed by atoms with E-state index in [1.807, 2.05) is 25.2 Å². The van der Waals surface area contributed by atoms with Crippen LogP contribution < -0.4 is 11.1 Å². The summed E-state index contributed by atoms with van der Waals surface area (Å²) in [7, 11) is 1.94. The van der Waals surface area contributed by atoms with Crippen LogP contribution in [0.1, 0.15) is 24.8 Å². The Labute approximate surface area is 93.7 Å². The number of oxazole rings is 1. The highest BCUT2D eigenvalue weighted by molar-refractivity contribution is 5.72. The molecular formula is C12H16N2O2. The molecule has 0 fully saturated rings. The average Bonchev–Trinajstić information content (AvgIpc) is 2.64. The molecule has 0 aliphatic carbocycles. The Bertz CT molecular complexity index is 527. The first-order chi connectivity index (χ1) is 7.74. The Balaban J connectivity index is 2.40. The molecule has 0 aliphatic heterocycles. The van der Waals surface area contributed by atoms with Crippen LogP contribution in [-0.4, -0.2) is 18.6 Å². The number of benzene rings is 1. The topological polar surface area (TPSA) is 58.0 Å². The first-order valence-corrected chi connectivity index (χ1v) is 5.52. The normalized spacial score (nSPS) is 13.1. The van der Waals surface area contributed by atoms with Gasteiger partial charge in [-0.1, -0.05) is 13.0 Å². The van der Waals surface area contributed by atoms with E-state index in [0.29, 0.717) is 11.5 Å². The minimum Gasteiger partial charge on any atom is -0.408 e. The number of hydrogen-bond donors (Lipinski definition) is 2. The molecule has 1 atom stereocenters. The summed E-state index contributed by atoms with van der Waals surface area (Å²) in [5.41, 5.74) is 2.59. The van der Waals surface area contributed by atoms with Crippen molar-refractivity contribution < 1.29 is 4.42 Å². The van der Waals surface area contributed by atoms with Gasteiger partial charge in [0.25, 0.3) is 0 Å². The zero-order valence-electron chi connectivity index (χ0n) is 9.54. The second kappa shape index (κ2) is 4.53. The molecular weight excluding hydrogens is 204 g/mol. The van der Waals surface area contributed by atoms with Gasteiger partial charge in [-0.25, -0.2) is 4.79 Å². The molecule has 0 saturated carbocycles. The predicted octanol–water partition coefficient (Wildman–Crippen LogP) is 1.83. The van der Waals surface area contributed by atoms with Crippen LogP contribution in [0.4, 0.5) is 0 Å². The Morgan fingerprint density at radius 1 is 1.50 bits per heavy atom. The summed E-state index contributed by atoms with van der Waals surface area (Å²) in [6.07, 6.45) is 1.06. The molecule has 4 nitrogen and oxygen atoms in total. The summed E-state index contributed by atoms with van der Waals surface area (Å²) >= 11 is 0. The second-order valence-corrected chi connectivity index (χ2v) is 3.93. The van der Waals surface area contributed by atoms with Crippen molar-refractivity contribution in [1.29, 1.82) is 0 Å². The third-order valence-electron chi connectivity index (χ3n) is 2.86. The number of aromatic nitrogens is 1. The molecule has 2 aromatic rings. The maximum absolute atomic E-state index is 11.0. The van der Waals surface area contributed by atoms with Crippen molar-refractivity contribution in [3.05, 3.63) is 34.3 Å². The minimum atomic E-state index is -0.395. The summed E-state index contributed by atoms with van der Waals surface area (Å²) in [5.74, 6) is 0.0587. The molecule has 2 N–H and O–H groups in total. The highest BCUT2D eigenvalue weighted by Crippen LogP contribution is 2.22. The number of hydrogen-bond acceptors (Lipinski definition) is 3. The maximum atomic E-state index is 11.0. The molecule has 0 bridgehead atoms. The van der Waals surface area contributed by atoms with Crippen molar-refractivity contribution in [3.8, 4) is 0 Å². The van der Waals surface area contributed by atoms with Gasteiger partial charge in [0, 0.05) is 6.54 Å². The van der Waals surface area contributed by atoms with Crippen LogP contribution in [0.5, 0.6) is 0 Å². The van der Waals surface area contributed by atoms with Gasteiger partial charge < -0.3 is 9.73 Å². The maximum Gasteiger partial charge on any atom is 0.417 e. The summed E-state index contributed by atoms with van der Waals surface area (Å²) < 4.78 is 5.05. The second-order valence-electron chi connectivity index (χ2n) is 3.93. The van der Waals surface area contributed by atoms with Crippen LogP contribution in [-0.2, 0) is 0 Å². The summed E-state index contributed by atoms with van der Waals surface area (Å²) in [6.45, 7) is 3.08. The monoisotopic (exact) mass is 220 g/mol. The summed E-state index contributed by atoms with van der Waals surface area (Å²) in [4.78, 5) is 13.7. The van der Waals surface area contributed by atoms with E-state index in [1.165, 1.54) is 5.56 Å². The van der Waals surface area contributed by atoms with E-state index < -0.39 is 5.76 Å². The van der Waals surface area contributed by atoms with Gasteiger partial charge in [0.2, 0.25) is 0 Å². The zero-order chi connectivity index (χ0) is 11.5. The van der Waals surface area contributed by atoms with Crippen molar-refractivity contribution in [2.75, 3.05) is 13.6 Å². The van der Waals surface area contributed by atoms with Gasteiger partial charge in [0.1, 0.15) is 0 Å². The first kappa shape index (κ1) is 11.0. The third-order valence-corrected chi connectivity index (χ3v) is 2.86. The molecule has 86 valence electrons. The van der Waals surface area contributed by atoms with Crippen LogP contribution in [0.15, 0.2) is 27.4 Å². The average molecular weight is 220 g/mol. The highest BCUT2D eigenvalue weighted by Gasteiger charge is 2.10. The van der Waals surface area contributed by atoms with Crippen LogP contribution in [0.2, 0.25) is 0 Å². The van der Waals surface area contributed by atoms with E-state index in [1.54, 1.807) is 0 Å². The smallest absolute Gasteiger partial charge is 0.408 e. The standard InChI is InChI=1S/C12H16N2O2/c1-3-8(7-13-2)9-4-5-10-11(6-9)16-12(15)14-10/h4-6,8,13H,3,7H2,1-2H3,(H,14,15). The lowest BCUT2D eigenvalue weighted by atomic mass is 9.96. The number of rotatable bonds is 4. The molecule has 0 amide bonds. The van der Waals surface area contributed by atoms with Gasteiger partial charge in [-0.3, -0.25) is 4.98 Å². The number of H-pyrrole nitrogens is 1. The quantitative estimate of drug-likeness (QED) is 0.826. The SMILES string of the molecule is CCC(CNC)c1ccc2[nH]c(=O)oc2c1. The fourth-order valence-corrected chi connectivity index (χ4v) is 1.96. The molecule has 1 unspecified atom stereocenters. The summed E-state index contributed by atoms with van der Waals surface area (Å²) in [5, 5.41) is 3.17. The predicted molar refractivity (Wildman–Crippen MR) is 63.8 cm³/mol. The molecule has 2 rings (SSSR count). The Hall–Kier alpha value is -1.55. The molecule has 0 aliphatic rings. The zero-order valence-corrected chi connectivity index (χ0v) is 9.54. The van der Waals surface area contributed by atoms with E-state index in [0.717, 1.165) is 18.5 Å². The van der Waals surface area contributed by atoms with Gasteiger partial charge in [-0.2, -0.15) is 0 Å². The van der Waals surface area contributed by atoms with Crippen LogP contribution >= 0.6 is 0 Å². The van der Waals surface area contributed by atoms with Gasteiger partial charge in [-0.05, 0) is 37.1 Å². The van der Waals surface area contributed by atoms with Crippen molar-refractivity contribution in [1.82, 2.24) is 10.3 Å². The molecule has 4 heteroatoms.